The number of anilines is 1. The van der Waals surface area contributed by atoms with Gasteiger partial charge in [0.1, 0.15) is 0 Å². The van der Waals surface area contributed by atoms with E-state index in [2.05, 4.69) is 15.5 Å². The molecule has 0 aromatic carbocycles. The molecule has 1 saturated carbocycles. The van der Waals surface area contributed by atoms with E-state index in [4.69, 9.17) is 10.5 Å². The van der Waals surface area contributed by atoms with Crippen LogP contribution < -0.4 is 11.1 Å². The van der Waals surface area contributed by atoms with E-state index in [-0.39, 0.29) is 24.2 Å². The van der Waals surface area contributed by atoms with Crippen molar-refractivity contribution in [2.75, 3.05) is 25.1 Å². The summed E-state index contributed by atoms with van der Waals surface area (Å²) in [6.07, 6.45) is 5.10. The molecule has 22 heavy (non-hydrogen) atoms. The Morgan fingerprint density at radius 1 is 1.36 bits per heavy atom. The number of amides is 1. The SMILES string of the molecule is Cl.NC[C@H]1CCC[C@H]1C(=O)Nc1cc(C2CCOCC2)[nH]n1. The lowest BCUT2D eigenvalue weighted by molar-refractivity contribution is -0.120. The number of halogens is 1. The molecular weight excluding hydrogens is 304 g/mol. The third kappa shape index (κ3) is 3.80. The first-order chi connectivity index (χ1) is 10.3. The normalized spacial score (nSPS) is 25.7. The number of hydrogen-bond acceptors (Lipinski definition) is 4. The summed E-state index contributed by atoms with van der Waals surface area (Å²) in [6.45, 7) is 2.18. The average Bonchev–Trinajstić information content (AvgIpc) is 3.16. The van der Waals surface area contributed by atoms with Crippen molar-refractivity contribution in [3.8, 4) is 0 Å². The van der Waals surface area contributed by atoms with Crippen LogP contribution in [0.15, 0.2) is 6.07 Å². The van der Waals surface area contributed by atoms with Crippen LogP contribution in [0, 0.1) is 11.8 Å². The third-order valence-electron chi connectivity index (χ3n) is 4.81. The topological polar surface area (TPSA) is 93.0 Å². The maximum atomic E-state index is 12.3. The van der Waals surface area contributed by atoms with Crippen LogP contribution in [0.25, 0.3) is 0 Å². The average molecular weight is 329 g/mol. The maximum absolute atomic E-state index is 12.3. The summed E-state index contributed by atoms with van der Waals surface area (Å²) >= 11 is 0. The predicted molar refractivity (Wildman–Crippen MR) is 87.1 cm³/mol. The number of nitrogens with one attached hydrogen (secondary N) is 2. The molecule has 2 fully saturated rings. The zero-order chi connectivity index (χ0) is 14.7. The molecule has 2 heterocycles. The Morgan fingerprint density at radius 3 is 2.86 bits per heavy atom. The van der Waals surface area contributed by atoms with E-state index >= 15 is 0 Å². The Hall–Kier alpha value is -1.11. The van der Waals surface area contributed by atoms with Gasteiger partial charge in [-0.15, -0.1) is 12.4 Å². The second-order valence-corrected chi connectivity index (χ2v) is 6.12. The third-order valence-corrected chi connectivity index (χ3v) is 4.81. The fraction of sp³-hybridized carbons (Fsp3) is 0.733. The largest absolute Gasteiger partial charge is 0.381 e. The van der Waals surface area contributed by atoms with Gasteiger partial charge in [0.2, 0.25) is 5.91 Å². The van der Waals surface area contributed by atoms with Crippen LogP contribution in [-0.2, 0) is 9.53 Å². The van der Waals surface area contributed by atoms with Crippen LogP contribution >= 0.6 is 12.4 Å². The number of carbonyl (C=O) groups is 1. The number of rotatable bonds is 4. The summed E-state index contributed by atoms with van der Waals surface area (Å²) in [6, 6.07) is 1.96. The number of ether oxygens (including phenoxy) is 1. The molecule has 0 bridgehead atoms. The van der Waals surface area contributed by atoms with Crippen LogP contribution in [0.2, 0.25) is 0 Å². The second kappa shape index (κ2) is 7.94. The summed E-state index contributed by atoms with van der Waals surface area (Å²) in [4.78, 5) is 12.3. The maximum Gasteiger partial charge on any atom is 0.229 e. The molecule has 4 N–H and O–H groups in total. The van der Waals surface area contributed by atoms with Crippen LogP contribution in [0.5, 0.6) is 0 Å². The highest BCUT2D eigenvalue weighted by Gasteiger charge is 2.32. The lowest BCUT2D eigenvalue weighted by atomic mass is 9.95. The summed E-state index contributed by atoms with van der Waals surface area (Å²) < 4.78 is 5.37. The Kier molecular flexibility index (Phi) is 6.23. The van der Waals surface area contributed by atoms with Crippen molar-refractivity contribution in [3.63, 3.8) is 0 Å². The van der Waals surface area contributed by atoms with Crippen molar-refractivity contribution in [1.82, 2.24) is 10.2 Å². The number of aromatic nitrogens is 2. The van der Waals surface area contributed by atoms with E-state index in [1.165, 1.54) is 0 Å². The van der Waals surface area contributed by atoms with Gasteiger partial charge in [0, 0.05) is 36.8 Å². The standard InChI is InChI=1S/C15H24N4O2.ClH/c16-9-11-2-1-3-12(11)15(20)17-14-8-13(18-19-14)10-4-6-21-7-5-10;/h8,10-12H,1-7,9,16H2,(H2,17,18,19,20);1H/t11-,12-;/m1./s1. The Bertz CT molecular complexity index is 488. The van der Waals surface area contributed by atoms with Crippen molar-refractivity contribution < 1.29 is 9.53 Å². The molecule has 124 valence electrons. The van der Waals surface area contributed by atoms with Gasteiger partial charge in [-0.3, -0.25) is 9.89 Å². The molecule has 0 spiro atoms. The van der Waals surface area contributed by atoms with Crippen molar-refractivity contribution in [2.24, 2.45) is 17.6 Å². The summed E-state index contributed by atoms with van der Waals surface area (Å²) in [5.41, 5.74) is 6.84. The molecule has 2 aliphatic rings. The number of carbonyl (C=O) groups excluding carboxylic acids is 1. The Labute approximate surface area is 137 Å². The highest BCUT2D eigenvalue weighted by Crippen LogP contribution is 2.32. The molecule has 6 nitrogen and oxygen atoms in total. The van der Waals surface area contributed by atoms with Crippen molar-refractivity contribution in [3.05, 3.63) is 11.8 Å². The van der Waals surface area contributed by atoms with Crippen LogP contribution in [0.1, 0.15) is 43.7 Å². The van der Waals surface area contributed by atoms with E-state index in [0.29, 0.717) is 24.2 Å². The van der Waals surface area contributed by atoms with Gasteiger partial charge in [0.05, 0.1) is 0 Å². The van der Waals surface area contributed by atoms with E-state index in [1.54, 1.807) is 0 Å². The molecule has 1 amide bonds. The number of hydrogen-bond donors (Lipinski definition) is 3. The summed E-state index contributed by atoms with van der Waals surface area (Å²) in [5.74, 6) is 1.51. The first-order valence-corrected chi connectivity index (χ1v) is 7.92. The molecule has 1 aromatic rings. The first-order valence-electron chi connectivity index (χ1n) is 7.92. The van der Waals surface area contributed by atoms with Crippen LogP contribution in [-0.4, -0.2) is 35.9 Å². The minimum absolute atomic E-state index is 0. The van der Waals surface area contributed by atoms with E-state index in [0.717, 1.165) is 51.0 Å². The number of aromatic amines is 1. The Balaban J connectivity index is 0.00000176. The molecule has 1 saturated heterocycles. The predicted octanol–water partition coefficient (Wildman–Crippen LogP) is 2.04. The van der Waals surface area contributed by atoms with Gasteiger partial charge in [-0.05, 0) is 38.1 Å². The lowest BCUT2D eigenvalue weighted by Crippen LogP contribution is -2.29. The van der Waals surface area contributed by atoms with Gasteiger partial charge in [-0.1, -0.05) is 6.42 Å². The molecule has 7 heteroatoms. The minimum atomic E-state index is 0. The molecule has 3 rings (SSSR count). The monoisotopic (exact) mass is 328 g/mol. The molecule has 1 aliphatic heterocycles. The number of nitrogens with zero attached hydrogens (tertiary/aromatic N) is 1. The van der Waals surface area contributed by atoms with Gasteiger partial charge in [-0.2, -0.15) is 5.10 Å². The minimum Gasteiger partial charge on any atom is -0.381 e. The van der Waals surface area contributed by atoms with E-state index in [9.17, 15) is 4.79 Å². The molecule has 1 aromatic heterocycles. The van der Waals surface area contributed by atoms with Gasteiger partial charge in [-0.25, -0.2) is 0 Å². The molecule has 0 radical (unpaired) electrons. The smallest absolute Gasteiger partial charge is 0.229 e. The Morgan fingerprint density at radius 2 is 2.14 bits per heavy atom. The quantitative estimate of drug-likeness (QED) is 0.788. The second-order valence-electron chi connectivity index (χ2n) is 6.12. The van der Waals surface area contributed by atoms with Gasteiger partial charge < -0.3 is 15.8 Å². The lowest BCUT2D eigenvalue weighted by Gasteiger charge is -2.20. The first kappa shape index (κ1) is 17.2. The van der Waals surface area contributed by atoms with Crippen LogP contribution in [0.4, 0.5) is 5.82 Å². The van der Waals surface area contributed by atoms with Gasteiger partial charge in [0.15, 0.2) is 5.82 Å². The van der Waals surface area contributed by atoms with Gasteiger partial charge >= 0.3 is 0 Å². The van der Waals surface area contributed by atoms with E-state index < -0.39 is 0 Å². The van der Waals surface area contributed by atoms with Crippen LogP contribution in [0.3, 0.4) is 0 Å². The summed E-state index contributed by atoms with van der Waals surface area (Å²) in [7, 11) is 0. The zero-order valence-electron chi connectivity index (χ0n) is 12.7. The number of H-pyrrole nitrogens is 1. The highest BCUT2D eigenvalue weighted by atomic mass is 35.5. The van der Waals surface area contributed by atoms with Gasteiger partial charge in [0.25, 0.3) is 0 Å². The fourth-order valence-electron chi connectivity index (χ4n) is 3.50. The number of nitrogens with two attached hydrogens (primary N) is 1. The zero-order valence-corrected chi connectivity index (χ0v) is 13.5. The van der Waals surface area contributed by atoms with Crippen molar-refractivity contribution in [2.45, 2.75) is 38.0 Å². The fourth-order valence-corrected chi connectivity index (χ4v) is 3.50. The molecule has 0 unspecified atom stereocenters. The molecule has 2 atom stereocenters. The highest BCUT2D eigenvalue weighted by molar-refractivity contribution is 5.92. The van der Waals surface area contributed by atoms with E-state index in [1.807, 2.05) is 6.07 Å². The molecule has 1 aliphatic carbocycles. The summed E-state index contributed by atoms with van der Waals surface area (Å²) in [5, 5.41) is 10.2. The molecular formula is C15H25ClN4O2. The van der Waals surface area contributed by atoms with Crippen molar-refractivity contribution >= 4 is 24.1 Å². The van der Waals surface area contributed by atoms with Crippen molar-refractivity contribution in [1.29, 1.82) is 0 Å².